The Bertz CT molecular complexity index is 385. The summed E-state index contributed by atoms with van der Waals surface area (Å²) in [7, 11) is 0. The summed E-state index contributed by atoms with van der Waals surface area (Å²) in [5.41, 5.74) is 5.53. The molecule has 66 valence electrons. The Labute approximate surface area is 79.6 Å². The molecule has 2 rings (SSSR count). The third-order valence-electron chi connectivity index (χ3n) is 1.44. The average molecular weight is 192 g/mol. The van der Waals surface area contributed by atoms with Crippen molar-refractivity contribution in [3.63, 3.8) is 0 Å². The van der Waals surface area contributed by atoms with E-state index in [1.165, 1.54) is 11.8 Å². The Balaban J connectivity index is 2.19. The first-order valence-electron chi connectivity index (χ1n) is 3.73. The number of aromatic amines is 1. The number of imidazole rings is 1. The summed E-state index contributed by atoms with van der Waals surface area (Å²) in [6, 6.07) is 3.71. The molecule has 5 heteroatoms. The van der Waals surface area contributed by atoms with Crippen LogP contribution in [0.1, 0.15) is 0 Å². The molecule has 0 aromatic carbocycles. The summed E-state index contributed by atoms with van der Waals surface area (Å²) < 4.78 is 0. The minimum absolute atomic E-state index is 0.525. The predicted octanol–water partition coefficient (Wildman–Crippen LogP) is 1.54. The predicted molar refractivity (Wildman–Crippen MR) is 51.4 cm³/mol. The fourth-order valence-corrected chi connectivity index (χ4v) is 1.68. The molecule has 0 saturated carbocycles. The maximum Gasteiger partial charge on any atom is 0.170 e. The molecule has 0 aliphatic heterocycles. The second-order valence-electron chi connectivity index (χ2n) is 2.41. The van der Waals surface area contributed by atoms with Crippen molar-refractivity contribution < 1.29 is 0 Å². The van der Waals surface area contributed by atoms with E-state index in [0.29, 0.717) is 5.82 Å². The fraction of sp³-hybridized carbons (Fsp3) is 0. The van der Waals surface area contributed by atoms with Crippen LogP contribution in [0.25, 0.3) is 0 Å². The van der Waals surface area contributed by atoms with E-state index in [4.69, 9.17) is 5.73 Å². The lowest BCUT2D eigenvalue weighted by Crippen LogP contribution is -1.88. The van der Waals surface area contributed by atoms with Crippen LogP contribution >= 0.6 is 11.8 Å². The normalized spacial score (nSPS) is 10.2. The monoisotopic (exact) mass is 192 g/mol. The summed E-state index contributed by atoms with van der Waals surface area (Å²) in [6.07, 6.45) is 5.18. The topological polar surface area (TPSA) is 67.6 Å². The molecule has 3 N–H and O–H groups in total. The zero-order valence-corrected chi connectivity index (χ0v) is 7.58. The van der Waals surface area contributed by atoms with Gasteiger partial charge in [-0.2, -0.15) is 0 Å². The molecule has 13 heavy (non-hydrogen) atoms. The van der Waals surface area contributed by atoms with Crippen LogP contribution in [0.4, 0.5) is 5.82 Å². The maximum atomic E-state index is 5.53. The number of nitrogens with two attached hydrogens (primary N) is 1. The van der Waals surface area contributed by atoms with Crippen LogP contribution in [0.2, 0.25) is 0 Å². The van der Waals surface area contributed by atoms with Crippen LogP contribution < -0.4 is 5.73 Å². The molecule has 0 spiro atoms. The van der Waals surface area contributed by atoms with Crippen LogP contribution in [0.15, 0.2) is 40.8 Å². The van der Waals surface area contributed by atoms with Gasteiger partial charge in [0.1, 0.15) is 5.82 Å². The lowest BCUT2D eigenvalue weighted by molar-refractivity contribution is 1.06. The zero-order valence-electron chi connectivity index (χ0n) is 6.77. The second-order valence-corrected chi connectivity index (χ2v) is 3.48. The SMILES string of the molecule is Nc1cc(Sc2ncc[nH]2)ccn1. The third-order valence-corrected chi connectivity index (χ3v) is 2.35. The van der Waals surface area contributed by atoms with Crippen molar-refractivity contribution in [1.82, 2.24) is 15.0 Å². The number of hydrogen-bond donors (Lipinski definition) is 2. The summed E-state index contributed by atoms with van der Waals surface area (Å²) in [5, 5.41) is 0.852. The minimum Gasteiger partial charge on any atom is -0.384 e. The van der Waals surface area contributed by atoms with Gasteiger partial charge in [0, 0.05) is 23.5 Å². The molecule has 0 aliphatic carbocycles. The molecule has 0 bridgehead atoms. The molecule has 2 aromatic rings. The maximum absolute atomic E-state index is 5.53. The number of aromatic nitrogens is 3. The van der Waals surface area contributed by atoms with E-state index in [0.717, 1.165) is 10.1 Å². The Morgan fingerprint density at radius 2 is 2.23 bits per heavy atom. The Morgan fingerprint density at radius 3 is 2.92 bits per heavy atom. The van der Waals surface area contributed by atoms with Gasteiger partial charge >= 0.3 is 0 Å². The summed E-state index contributed by atoms with van der Waals surface area (Å²) in [6.45, 7) is 0. The highest BCUT2D eigenvalue weighted by molar-refractivity contribution is 7.99. The quantitative estimate of drug-likeness (QED) is 0.757. The summed E-state index contributed by atoms with van der Waals surface area (Å²) in [5.74, 6) is 0.525. The van der Waals surface area contributed by atoms with Crippen LogP contribution in [0.3, 0.4) is 0 Å². The molecule has 0 radical (unpaired) electrons. The van der Waals surface area contributed by atoms with Gasteiger partial charge in [0.25, 0.3) is 0 Å². The molecular weight excluding hydrogens is 184 g/mol. The van der Waals surface area contributed by atoms with Gasteiger partial charge in [0.05, 0.1) is 0 Å². The fourth-order valence-electron chi connectivity index (χ4n) is 0.910. The van der Waals surface area contributed by atoms with Crippen LogP contribution in [0.5, 0.6) is 0 Å². The number of nitrogens with one attached hydrogen (secondary N) is 1. The Hall–Kier alpha value is -1.49. The molecule has 0 aliphatic rings. The molecule has 0 atom stereocenters. The number of rotatable bonds is 2. The number of nitrogens with zero attached hydrogens (tertiary/aromatic N) is 2. The first kappa shape index (κ1) is 8.12. The van der Waals surface area contributed by atoms with E-state index in [1.807, 2.05) is 12.1 Å². The van der Waals surface area contributed by atoms with Crippen molar-refractivity contribution in [1.29, 1.82) is 0 Å². The van der Waals surface area contributed by atoms with Crippen LogP contribution in [-0.4, -0.2) is 15.0 Å². The standard InChI is InChI=1S/C8H8N4S/c9-7-5-6(1-2-10-7)13-8-11-3-4-12-8/h1-5H,(H2,9,10)(H,11,12). The zero-order chi connectivity index (χ0) is 9.10. The van der Waals surface area contributed by atoms with Crippen molar-refractivity contribution in [2.45, 2.75) is 10.1 Å². The highest BCUT2D eigenvalue weighted by atomic mass is 32.2. The number of pyridine rings is 1. The Kier molecular flexibility index (Phi) is 2.18. The number of hydrogen-bond acceptors (Lipinski definition) is 4. The van der Waals surface area contributed by atoms with Gasteiger partial charge in [-0.05, 0) is 12.1 Å². The van der Waals surface area contributed by atoms with Gasteiger partial charge in [0.2, 0.25) is 0 Å². The van der Waals surface area contributed by atoms with Gasteiger partial charge < -0.3 is 10.7 Å². The van der Waals surface area contributed by atoms with Gasteiger partial charge in [-0.25, -0.2) is 9.97 Å². The van der Waals surface area contributed by atoms with E-state index in [9.17, 15) is 0 Å². The van der Waals surface area contributed by atoms with Crippen LogP contribution in [0, 0.1) is 0 Å². The van der Waals surface area contributed by atoms with Gasteiger partial charge in [-0.15, -0.1) is 0 Å². The largest absolute Gasteiger partial charge is 0.384 e. The average Bonchev–Trinajstić information content (AvgIpc) is 2.57. The van der Waals surface area contributed by atoms with Crippen molar-refractivity contribution in [2.75, 3.05) is 5.73 Å². The molecule has 0 fully saturated rings. The molecule has 0 amide bonds. The molecule has 0 unspecified atom stereocenters. The van der Waals surface area contributed by atoms with Crippen molar-refractivity contribution in [3.8, 4) is 0 Å². The smallest absolute Gasteiger partial charge is 0.170 e. The number of anilines is 1. The summed E-state index contributed by atoms with van der Waals surface area (Å²) >= 11 is 1.52. The van der Waals surface area contributed by atoms with E-state index < -0.39 is 0 Å². The van der Waals surface area contributed by atoms with Crippen LogP contribution in [-0.2, 0) is 0 Å². The first-order chi connectivity index (χ1) is 6.34. The highest BCUT2D eigenvalue weighted by Gasteiger charge is 1.98. The van der Waals surface area contributed by atoms with Crippen molar-refractivity contribution in [3.05, 3.63) is 30.7 Å². The van der Waals surface area contributed by atoms with E-state index in [-0.39, 0.29) is 0 Å². The molecule has 4 nitrogen and oxygen atoms in total. The second kappa shape index (κ2) is 3.49. The lowest BCUT2D eigenvalue weighted by atomic mass is 10.5. The first-order valence-corrected chi connectivity index (χ1v) is 4.55. The lowest BCUT2D eigenvalue weighted by Gasteiger charge is -1.97. The molecular formula is C8H8N4S. The Morgan fingerprint density at radius 1 is 1.31 bits per heavy atom. The van der Waals surface area contributed by atoms with E-state index in [1.54, 1.807) is 18.6 Å². The third kappa shape index (κ3) is 2.00. The minimum atomic E-state index is 0.525. The van der Waals surface area contributed by atoms with Gasteiger partial charge in [-0.3, -0.25) is 0 Å². The molecule has 0 saturated heterocycles. The summed E-state index contributed by atoms with van der Waals surface area (Å²) in [4.78, 5) is 12.0. The van der Waals surface area contributed by atoms with Gasteiger partial charge in [-0.1, -0.05) is 11.8 Å². The van der Waals surface area contributed by atoms with Crippen molar-refractivity contribution in [2.24, 2.45) is 0 Å². The molecule has 2 heterocycles. The number of H-pyrrole nitrogens is 1. The van der Waals surface area contributed by atoms with E-state index >= 15 is 0 Å². The molecule has 2 aromatic heterocycles. The number of nitrogen functional groups attached to an aromatic ring is 1. The van der Waals surface area contributed by atoms with Crippen molar-refractivity contribution >= 4 is 17.6 Å². The highest BCUT2D eigenvalue weighted by Crippen LogP contribution is 2.24. The van der Waals surface area contributed by atoms with E-state index in [2.05, 4.69) is 15.0 Å². The van der Waals surface area contributed by atoms with Gasteiger partial charge in [0.15, 0.2) is 5.16 Å².